The second kappa shape index (κ2) is 7.60. The van der Waals surface area contributed by atoms with Crippen LogP contribution in [0.3, 0.4) is 0 Å². The normalized spacial score (nSPS) is 18.5. The minimum Gasteiger partial charge on any atom is -0.377 e. The maximum atomic E-state index is 12.2. The molecule has 1 saturated heterocycles. The second-order valence-electron chi connectivity index (χ2n) is 6.54. The molecule has 0 radical (unpaired) electrons. The van der Waals surface area contributed by atoms with Crippen molar-refractivity contribution in [1.29, 1.82) is 0 Å². The minimum atomic E-state index is -3.56. The fourth-order valence-electron chi connectivity index (χ4n) is 2.29. The van der Waals surface area contributed by atoms with Crippen LogP contribution in [0.25, 0.3) is 0 Å². The lowest BCUT2D eigenvalue weighted by Gasteiger charge is -2.17. The molecule has 2 rings (SSSR count). The van der Waals surface area contributed by atoms with E-state index in [1.54, 1.807) is 26.0 Å². The van der Waals surface area contributed by atoms with Gasteiger partial charge in [0, 0.05) is 19.7 Å². The summed E-state index contributed by atoms with van der Waals surface area (Å²) in [4.78, 5) is 11.9. The van der Waals surface area contributed by atoms with E-state index in [4.69, 9.17) is 10.5 Å². The smallest absolute Gasteiger partial charge is 0.240 e. The average molecular weight is 355 g/mol. The molecule has 1 aliphatic rings. The van der Waals surface area contributed by atoms with Gasteiger partial charge in [-0.05, 0) is 44.4 Å². The van der Waals surface area contributed by atoms with Gasteiger partial charge in [0.1, 0.15) is 0 Å². The molecule has 0 bridgehead atoms. The Balaban J connectivity index is 1.91. The molecule has 1 aliphatic heterocycles. The number of sulfonamides is 1. The van der Waals surface area contributed by atoms with Crippen LogP contribution in [0.15, 0.2) is 29.2 Å². The Hall–Kier alpha value is -1.48. The van der Waals surface area contributed by atoms with E-state index in [0.29, 0.717) is 13.2 Å². The van der Waals surface area contributed by atoms with Crippen molar-refractivity contribution >= 4 is 15.9 Å². The third-order valence-electron chi connectivity index (χ3n) is 3.80. The van der Waals surface area contributed by atoms with Crippen molar-refractivity contribution in [1.82, 2.24) is 10.0 Å². The first-order valence-corrected chi connectivity index (χ1v) is 9.44. The van der Waals surface area contributed by atoms with Crippen LogP contribution in [0.5, 0.6) is 0 Å². The standard InChI is InChI=1S/C16H25N3O4S/c1-16(2,17)15(20)18-10-12-5-7-14(8-6-12)24(21,22)19-11-13-4-3-9-23-13/h5-8,13,19H,3-4,9-11,17H2,1-2H3,(H,18,20). The zero-order valence-electron chi connectivity index (χ0n) is 14.0. The van der Waals surface area contributed by atoms with E-state index >= 15 is 0 Å². The van der Waals surface area contributed by atoms with E-state index in [0.717, 1.165) is 18.4 Å². The van der Waals surface area contributed by atoms with Crippen LogP contribution in [0.1, 0.15) is 32.3 Å². The van der Waals surface area contributed by atoms with Crippen LogP contribution in [0.2, 0.25) is 0 Å². The number of carbonyl (C=O) groups is 1. The number of rotatable bonds is 7. The van der Waals surface area contributed by atoms with E-state index in [9.17, 15) is 13.2 Å². The number of nitrogens with one attached hydrogen (secondary N) is 2. The van der Waals surface area contributed by atoms with Gasteiger partial charge in [0.05, 0.1) is 16.5 Å². The molecule has 0 aromatic heterocycles. The summed E-state index contributed by atoms with van der Waals surface area (Å²) in [6, 6.07) is 6.38. The van der Waals surface area contributed by atoms with Gasteiger partial charge in [-0.15, -0.1) is 0 Å². The average Bonchev–Trinajstić information content (AvgIpc) is 3.03. The van der Waals surface area contributed by atoms with Crippen molar-refractivity contribution in [3.05, 3.63) is 29.8 Å². The molecule has 1 aromatic rings. The monoisotopic (exact) mass is 355 g/mol. The molecule has 1 aromatic carbocycles. The molecule has 8 heteroatoms. The Kier molecular flexibility index (Phi) is 5.97. The highest BCUT2D eigenvalue weighted by Crippen LogP contribution is 2.14. The maximum absolute atomic E-state index is 12.2. The zero-order chi connectivity index (χ0) is 17.8. The summed E-state index contributed by atoms with van der Waals surface area (Å²) in [5, 5.41) is 2.71. The highest BCUT2D eigenvalue weighted by Gasteiger charge is 2.22. The highest BCUT2D eigenvalue weighted by molar-refractivity contribution is 7.89. The van der Waals surface area contributed by atoms with Crippen LogP contribution in [0.4, 0.5) is 0 Å². The Bertz CT molecular complexity index is 660. The largest absolute Gasteiger partial charge is 0.377 e. The number of hydrogen-bond acceptors (Lipinski definition) is 5. The molecule has 7 nitrogen and oxygen atoms in total. The van der Waals surface area contributed by atoms with Crippen LogP contribution in [-0.2, 0) is 26.1 Å². The van der Waals surface area contributed by atoms with Gasteiger partial charge in [0.2, 0.25) is 15.9 Å². The Morgan fingerprint density at radius 3 is 2.54 bits per heavy atom. The van der Waals surface area contributed by atoms with Gasteiger partial charge < -0.3 is 15.8 Å². The SMILES string of the molecule is CC(C)(N)C(=O)NCc1ccc(S(=O)(=O)NCC2CCCO2)cc1. The molecular weight excluding hydrogens is 330 g/mol. The fraction of sp³-hybridized carbons (Fsp3) is 0.562. The second-order valence-corrected chi connectivity index (χ2v) is 8.30. The molecule has 1 fully saturated rings. The van der Waals surface area contributed by atoms with Crippen molar-refractivity contribution in [2.75, 3.05) is 13.2 Å². The lowest BCUT2D eigenvalue weighted by atomic mass is 10.1. The van der Waals surface area contributed by atoms with Crippen molar-refractivity contribution < 1.29 is 17.9 Å². The molecule has 1 amide bonds. The van der Waals surface area contributed by atoms with E-state index in [-0.39, 0.29) is 23.5 Å². The van der Waals surface area contributed by atoms with E-state index in [1.807, 2.05) is 0 Å². The summed E-state index contributed by atoms with van der Waals surface area (Å²) < 4.78 is 32.5. The first kappa shape index (κ1) is 18.9. The van der Waals surface area contributed by atoms with Gasteiger partial charge >= 0.3 is 0 Å². The Morgan fingerprint density at radius 1 is 1.33 bits per heavy atom. The first-order valence-electron chi connectivity index (χ1n) is 7.96. The molecule has 4 N–H and O–H groups in total. The lowest BCUT2D eigenvalue weighted by molar-refractivity contribution is -0.125. The summed E-state index contributed by atoms with van der Waals surface area (Å²) in [6.07, 6.45) is 1.79. The van der Waals surface area contributed by atoms with Gasteiger partial charge in [-0.1, -0.05) is 12.1 Å². The topological polar surface area (TPSA) is 111 Å². The van der Waals surface area contributed by atoms with Crippen molar-refractivity contribution in [3.8, 4) is 0 Å². The Labute approximate surface area is 143 Å². The van der Waals surface area contributed by atoms with Gasteiger partial charge in [0.25, 0.3) is 0 Å². The third-order valence-corrected chi connectivity index (χ3v) is 5.24. The third kappa shape index (κ3) is 5.27. The number of benzene rings is 1. The van der Waals surface area contributed by atoms with E-state index < -0.39 is 15.6 Å². The van der Waals surface area contributed by atoms with Gasteiger partial charge in [-0.2, -0.15) is 0 Å². The van der Waals surface area contributed by atoms with Gasteiger partial charge in [-0.25, -0.2) is 13.1 Å². The molecule has 1 heterocycles. The fourth-order valence-corrected chi connectivity index (χ4v) is 3.35. The maximum Gasteiger partial charge on any atom is 0.240 e. The van der Waals surface area contributed by atoms with Crippen LogP contribution >= 0.6 is 0 Å². The molecule has 0 aliphatic carbocycles. The van der Waals surface area contributed by atoms with E-state index in [2.05, 4.69) is 10.0 Å². The van der Waals surface area contributed by atoms with Crippen LogP contribution in [0, 0.1) is 0 Å². The molecule has 0 saturated carbocycles. The summed E-state index contributed by atoms with van der Waals surface area (Å²) in [6.45, 7) is 4.51. The summed E-state index contributed by atoms with van der Waals surface area (Å²) in [5.41, 5.74) is 5.55. The number of carbonyl (C=O) groups excluding carboxylic acids is 1. The molecule has 134 valence electrons. The number of hydrogen-bond donors (Lipinski definition) is 3. The summed E-state index contributed by atoms with van der Waals surface area (Å²) in [5.74, 6) is -0.266. The number of amides is 1. The highest BCUT2D eigenvalue weighted by atomic mass is 32.2. The zero-order valence-corrected chi connectivity index (χ0v) is 14.9. The van der Waals surface area contributed by atoms with E-state index in [1.165, 1.54) is 12.1 Å². The van der Waals surface area contributed by atoms with Crippen molar-refractivity contribution in [2.24, 2.45) is 5.73 Å². The minimum absolute atomic E-state index is 0.0473. The van der Waals surface area contributed by atoms with Crippen molar-refractivity contribution in [3.63, 3.8) is 0 Å². The van der Waals surface area contributed by atoms with Crippen molar-refractivity contribution in [2.45, 2.75) is 49.8 Å². The predicted octanol–water partition coefficient (Wildman–Crippen LogP) is 0.497. The number of ether oxygens (including phenoxy) is 1. The quantitative estimate of drug-likeness (QED) is 0.659. The van der Waals surface area contributed by atoms with Gasteiger partial charge in [-0.3, -0.25) is 4.79 Å². The molecule has 1 unspecified atom stereocenters. The molecular formula is C16H25N3O4S. The molecule has 24 heavy (non-hydrogen) atoms. The first-order chi connectivity index (χ1) is 11.2. The van der Waals surface area contributed by atoms with Gasteiger partial charge in [0.15, 0.2) is 0 Å². The molecule has 0 spiro atoms. The molecule has 1 atom stereocenters. The van der Waals surface area contributed by atoms with Crippen LogP contribution < -0.4 is 15.8 Å². The summed E-state index contributed by atoms with van der Waals surface area (Å²) in [7, 11) is -3.56. The Morgan fingerprint density at radius 2 is 2.00 bits per heavy atom. The summed E-state index contributed by atoms with van der Waals surface area (Å²) >= 11 is 0. The predicted molar refractivity (Wildman–Crippen MR) is 90.7 cm³/mol. The van der Waals surface area contributed by atoms with Crippen LogP contribution in [-0.4, -0.2) is 39.1 Å². The number of nitrogens with two attached hydrogens (primary N) is 1. The lowest BCUT2D eigenvalue weighted by Crippen LogP contribution is -2.48.